The predicted molar refractivity (Wildman–Crippen MR) is 57.6 cm³/mol. The van der Waals surface area contributed by atoms with E-state index in [2.05, 4.69) is 0 Å². The van der Waals surface area contributed by atoms with Crippen molar-refractivity contribution in [1.29, 1.82) is 0 Å². The fourth-order valence-electron chi connectivity index (χ4n) is 1.17. The third kappa shape index (κ3) is 4.42. The Hall–Kier alpha value is -1.61. The minimum Gasteiger partial charge on any atom is -0.478 e. The molecule has 0 spiro atoms. The molecule has 0 aromatic heterocycles. The molecule has 1 N–H and O–H groups in total. The van der Waals surface area contributed by atoms with Crippen molar-refractivity contribution in [2.24, 2.45) is 0 Å². The molecule has 0 fully saturated rings. The molecule has 1 unspecified atom stereocenters. The highest BCUT2D eigenvalue weighted by molar-refractivity contribution is 5.79. The van der Waals surface area contributed by atoms with E-state index in [4.69, 9.17) is 9.84 Å². The molecule has 0 saturated carbocycles. The van der Waals surface area contributed by atoms with Crippen molar-refractivity contribution in [1.82, 2.24) is 0 Å². The minimum atomic E-state index is -0.953. The molecule has 15 heavy (non-hydrogen) atoms. The van der Waals surface area contributed by atoms with Crippen molar-refractivity contribution in [3.63, 3.8) is 0 Å². The summed E-state index contributed by atoms with van der Waals surface area (Å²) in [4.78, 5) is 10.2. The van der Waals surface area contributed by atoms with E-state index in [0.29, 0.717) is 6.61 Å². The SMILES string of the molecule is CC(OCC=CC(=O)O)c1ccccc1. The van der Waals surface area contributed by atoms with Crippen LogP contribution in [0.25, 0.3) is 0 Å². The van der Waals surface area contributed by atoms with Gasteiger partial charge in [0.15, 0.2) is 0 Å². The van der Waals surface area contributed by atoms with E-state index < -0.39 is 5.97 Å². The summed E-state index contributed by atoms with van der Waals surface area (Å²) in [5.41, 5.74) is 1.08. The maximum atomic E-state index is 10.2. The standard InChI is InChI=1S/C12H14O3/c1-10(11-6-3-2-4-7-11)15-9-5-8-12(13)14/h2-8,10H,9H2,1H3,(H,13,14). The van der Waals surface area contributed by atoms with Gasteiger partial charge in [-0.3, -0.25) is 0 Å². The quantitative estimate of drug-likeness (QED) is 0.752. The van der Waals surface area contributed by atoms with Gasteiger partial charge in [-0.15, -0.1) is 0 Å². The summed E-state index contributed by atoms with van der Waals surface area (Å²) in [6.45, 7) is 2.24. The van der Waals surface area contributed by atoms with Crippen molar-refractivity contribution in [3.05, 3.63) is 48.0 Å². The molecule has 0 radical (unpaired) electrons. The van der Waals surface area contributed by atoms with Gasteiger partial charge in [-0.2, -0.15) is 0 Å². The van der Waals surface area contributed by atoms with Crippen LogP contribution < -0.4 is 0 Å². The monoisotopic (exact) mass is 206 g/mol. The normalized spacial score (nSPS) is 12.9. The second kappa shape index (κ2) is 5.98. The lowest BCUT2D eigenvalue weighted by Crippen LogP contribution is -2.00. The number of ether oxygens (including phenoxy) is 1. The van der Waals surface area contributed by atoms with Crippen LogP contribution in [0.5, 0.6) is 0 Å². The topological polar surface area (TPSA) is 46.5 Å². The van der Waals surface area contributed by atoms with E-state index in [-0.39, 0.29) is 6.10 Å². The molecule has 1 aromatic carbocycles. The largest absolute Gasteiger partial charge is 0.478 e. The van der Waals surface area contributed by atoms with Gasteiger partial charge in [-0.25, -0.2) is 4.79 Å². The summed E-state index contributed by atoms with van der Waals surface area (Å²) < 4.78 is 5.43. The Morgan fingerprint density at radius 1 is 1.47 bits per heavy atom. The van der Waals surface area contributed by atoms with Crippen LogP contribution in [0.1, 0.15) is 18.6 Å². The highest BCUT2D eigenvalue weighted by atomic mass is 16.5. The van der Waals surface area contributed by atoms with Crippen LogP contribution in [0.3, 0.4) is 0 Å². The number of carboxylic acids is 1. The van der Waals surface area contributed by atoms with E-state index in [0.717, 1.165) is 11.6 Å². The molecule has 0 aliphatic rings. The molecule has 3 nitrogen and oxygen atoms in total. The first-order chi connectivity index (χ1) is 7.20. The second-order valence-corrected chi connectivity index (χ2v) is 3.13. The first kappa shape index (κ1) is 11.5. The van der Waals surface area contributed by atoms with Crippen molar-refractivity contribution in [3.8, 4) is 0 Å². The summed E-state index contributed by atoms with van der Waals surface area (Å²) in [5, 5.41) is 8.35. The number of hydrogen-bond donors (Lipinski definition) is 1. The van der Waals surface area contributed by atoms with Gasteiger partial charge in [-0.05, 0) is 12.5 Å². The highest BCUT2D eigenvalue weighted by Crippen LogP contribution is 2.15. The van der Waals surface area contributed by atoms with Crippen LogP contribution in [0.15, 0.2) is 42.5 Å². The summed E-state index contributed by atoms with van der Waals surface area (Å²) in [6, 6.07) is 9.79. The summed E-state index contributed by atoms with van der Waals surface area (Å²) in [5.74, 6) is -0.953. The van der Waals surface area contributed by atoms with E-state index in [9.17, 15) is 4.79 Å². The second-order valence-electron chi connectivity index (χ2n) is 3.13. The lowest BCUT2D eigenvalue weighted by molar-refractivity contribution is -0.131. The van der Waals surface area contributed by atoms with Gasteiger partial charge >= 0.3 is 5.97 Å². The zero-order valence-electron chi connectivity index (χ0n) is 8.59. The Balaban J connectivity index is 2.37. The summed E-state index contributed by atoms with van der Waals surface area (Å²) in [6.07, 6.45) is 2.55. The lowest BCUT2D eigenvalue weighted by atomic mass is 10.1. The Kier molecular flexibility index (Phi) is 4.57. The molecule has 1 aromatic rings. The molecular weight excluding hydrogens is 192 g/mol. The van der Waals surface area contributed by atoms with Gasteiger partial charge < -0.3 is 9.84 Å². The Bertz CT molecular complexity index is 330. The van der Waals surface area contributed by atoms with Crippen LogP contribution in [0, 0.1) is 0 Å². The maximum absolute atomic E-state index is 10.2. The number of rotatable bonds is 5. The van der Waals surface area contributed by atoms with Crippen LogP contribution in [-0.4, -0.2) is 17.7 Å². The van der Waals surface area contributed by atoms with Gasteiger partial charge in [0, 0.05) is 6.08 Å². The molecule has 0 aliphatic carbocycles. The molecule has 3 heteroatoms. The van der Waals surface area contributed by atoms with Crippen molar-refractivity contribution in [2.75, 3.05) is 6.61 Å². The third-order valence-electron chi connectivity index (χ3n) is 1.97. The van der Waals surface area contributed by atoms with E-state index in [1.165, 1.54) is 6.08 Å². The molecule has 1 rings (SSSR count). The summed E-state index contributed by atoms with van der Waals surface area (Å²) in [7, 11) is 0. The van der Waals surface area contributed by atoms with E-state index in [1.54, 1.807) is 0 Å². The highest BCUT2D eigenvalue weighted by Gasteiger charge is 2.02. The Morgan fingerprint density at radius 2 is 2.13 bits per heavy atom. The Labute approximate surface area is 89.0 Å². The molecule has 80 valence electrons. The molecule has 0 heterocycles. The van der Waals surface area contributed by atoms with Crippen molar-refractivity contribution < 1.29 is 14.6 Å². The lowest BCUT2D eigenvalue weighted by Gasteiger charge is -2.11. The average Bonchev–Trinajstić information content (AvgIpc) is 2.25. The van der Waals surface area contributed by atoms with Gasteiger partial charge in [-0.1, -0.05) is 36.4 Å². The van der Waals surface area contributed by atoms with Crippen molar-refractivity contribution >= 4 is 5.97 Å². The molecule has 0 bridgehead atoms. The molecule has 0 saturated heterocycles. The molecule has 0 amide bonds. The van der Waals surface area contributed by atoms with Crippen molar-refractivity contribution in [2.45, 2.75) is 13.0 Å². The van der Waals surface area contributed by atoms with E-state index >= 15 is 0 Å². The van der Waals surface area contributed by atoms with Gasteiger partial charge in [0.05, 0.1) is 12.7 Å². The minimum absolute atomic E-state index is 0.0235. The molecule has 1 atom stereocenters. The van der Waals surface area contributed by atoms with Crippen LogP contribution in [0.4, 0.5) is 0 Å². The maximum Gasteiger partial charge on any atom is 0.328 e. The first-order valence-corrected chi connectivity index (χ1v) is 4.76. The first-order valence-electron chi connectivity index (χ1n) is 4.76. The van der Waals surface area contributed by atoms with Gasteiger partial charge in [0.2, 0.25) is 0 Å². The zero-order chi connectivity index (χ0) is 11.1. The van der Waals surface area contributed by atoms with Crippen LogP contribution >= 0.6 is 0 Å². The molecule has 0 aliphatic heterocycles. The fourth-order valence-corrected chi connectivity index (χ4v) is 1.17. The van der Waals surface area contributed by atoms with Gasteiger partial charge in [0.1, 0.15) is 0 Å². The average molecular weight is 206 g/mol. The number of carboxylic acid groups (broad SMARTS) is 1. The zero-order valence-corrected chi connectivity index (χ0v) is 8.59. The van der Waals surface area contributed by atoms with E-state index in [1.807, 2.05) is 37.3 Å². The number of aliphatic carboxylic acids is 1. The smallest absolute Gasteiger partial charge is 0.328 e. The number of hydrogen-bond acceptors (Lipinski definition) is 2. The van der Waals surface area contributed by atoms with Crippen LogP contribution in [0.2, 0.25) is 0 Å². The van der Waals surface area contributed by atoms with Gasteiger partial charge in [0.25, 0.3) is 0 Å². The summed E-state index contributed by atoms with van der Waals surface area (Å²) >= 11 is 0. The predicted octanol–water partition coefficient (Wildman–Crippen LogP) is 2.41. The van der Waals surface area contributed by atoms with Crippen LogP contribution in [-0.2, 0) is 9.53 Å². The Morgan fingerprint density at radius 3 is 2.73 bits per heavy atom. The fraction of sp³-hybridized carbons (Fsp3) is 0.250. The number of carbonyl (C=O) groups is 1. The third-order valence-corrected chi connectivity index (χ3v) is 1.97. The molecular formula is C12H14O3. The number of benzene rings is 1.